The van der Waals surface area contributed by atoms with Crippen molar-refractivity contribution in [3.05, 3.63) is 21.5 Å². The maximum atomic E-state index is 12.3. The Morgan fingerprint density at radius 1 is 1.54 bits per heavy atom. The molecule has 0 aromatic carbocycles. The van der Waals surface area contributed by atoms with E-state index in [1.165, 1.54) is 28.0 Å². The maximum absolute atomic E-state index is 12.3. The van der Waals surface area contributed by atoms with Crippen molar-refractivity contribution in [2.45, 2.75) is 50.8 Å². The molecular weight excluding hydrogens is 384 g/mol. The summed E-state index contributed by atoms with van der Waals surface area (Å²) in [4.78, 5) is 13.6. The van der Waals surface area contributed by atoms with Crippen molar-refractivity contribution in [1.29, 1.82) is 5.26 Å². The van der Waals surface area contributed by atoms with Crippen LogP contribution in [-0.4, -0.2) is 21.9 Å². The lowest BCUT2D eigenvalue weighted by Crippen LogP contribution is -2.28. The molecular formula is C18H22N4OS3. The van der Waals surface area contributed by atoms with E-state index in [1.807, 2.05) is 0 Å². The number of thioether (sulfide) groups is 1. The van der Waals surface area contributed by atoms with Crippen molar-refractivity contribution < 1.29 is 4.79 Å². The lowest BCUT2D eigenvalue weighted by Gasteiger charge is -2.36. The van der Waals surface area contributed by atoms with Gasteiger partial charge in [-0.05, 0) is 36.2 Å². The summed E-state index contributed by atoms with van der Waals surface area (Å²) >= 11 is 4.36. The first-order valence-electron chi connectivity index (χ1n) is 8.68. The molecule has 1 N–H and O–H groups in total. The predicted octanol–water partition coefficient (Wildman–Crippen LogP) is 4.74. The number of hydrogen-bond acceptors (Lipinski definition) is 7. The molecule has 1 amide bonds. The lowest BCUT2D eigenvalue weighted by molar-refractivity contribution is -0.113. The summed E-state index contributed by atoms with van der Waals surface area (Å²) in [5.41, 5.74) is 3.76. The summed E-state index contributed by atoms with van der Waals surface area (Å²) in [6, 6.07) is 2.31. The third kappa shape index (κ3) is 4.11. The number of amides is 1. The van der Waals surface area contributed by atoms with E-state index in [4.69, 9.17) is 0 Å². The summed E-state index contributed by atoms with van der Waals surface area (Å²) in [7, 11) is 0. The average Bonchev–Trinajstić information content (AvgIpc) is 3.26. The van der Waals surface area contributed by atoms with E-state index in [9.17, 15) is 10.1 Å². The summed E-state index contributed by atoms with van der Waals surface area (Å²) in [5.74, 6) is 0.793. The standard InChI is InChI=1S/C18H22N4OS3/c1-4-18(2,3)11-5-6-12-13(8-19)16(26-14(12)7-11)21-15(23)9-24-17-22-20-10-25-17/h10-11H,4-7,9H2,1-3H3,(H,21,23). The Morgan fingerprint density at radius 2 is 2.35 bits per heavy atom. The van der Waals surface area contributed by atoms with E-state index < -0.39 is 0 Å². The van der Waals surface area contributed by atoms with Crippen LogP contribution in [0.1, 0.15) is 49.6 Å². The second kappa shape index (κ2) is 8.07. The van der Waals surface area contributed by atoms with Crippen LogP contribution >= 0.6 is 34.4 Å². The first-order valence-corrected chi connectivity index (χ1v) is 11.4. The van der Waals surface area contributed by atoms with Gasteiger partial charge in [0.25, 0.3) is 0 Å². The average molecular weight is 407 g/mol. The van der Waals surface area contributed by atoms with Gasteiger partial charge in [0.2, 0.25) is 5.91 Å². The normalized spacial score (nSPS) is 16.8. The zero-order valence-corrected chi connectivity index (χ0v) is 17.6. The molecule has 0 aliphatic heterocycles. The number of nitriles is 1. The van der Waals surface area contributed by atoms with Gasteiger partial charge >= 0.3 is 0 Å². The van der Waals surface area contributed by atoms with Gasteiger partial charge < -0.3 is 5.32 Å². The fraction of sp³-hybridized carbons (Fsp3) is 0.556. The number of nitrogens with one attached hydrogen (secondary N) is 1. The smallest absolute Gasteiger partial charge is 0.235 e. The molecule has 0 spiro atoms. The number of hydrogen-bond donors (Lipinski definition) is 1. The number of rotatable bonds is 6. The molecule has 2 aromatic rings. The van der Waals surface area contributed by atoms with Gasteiger partial charge in [-0.2, -0.15) is 5.26 Å². The van der Waals surface area contributed by atoms with E-state index in [2.05, 4.69) is 42.4 Å². The van der Waals surface area contributed by atoms with Crippen molar-refractivity contribution in [2.24, 2.45) is 11.3 Å². The van der Waals surface area contributed by atoms with Crippen LogP contribution in [0.3, 0.4) is 0 Å². The number of aromatic nitrogens is 2. The van der Waals surface area contributed by atoms with E-state index in [0.29, 0.717) is 21.9 Å². The molecule has 0 radical (unpaired) electrons. The molecule has 0 fully saturated rings. The fourth-order valence-corrected chi connectivity index (χ4v) is 5.85. The third-order valence-corrected chi connectivity index (χ3v) is 8.34. The summed E-state index contributed by atoms with van der Waals surface area (Å²) in [6.07, 6.45) is 4.19. The topological polar surface area (TPSA) is 78.7 Å². The van der Waals surface area contributed by atoms with Crippen LogP contribution in [-0.2, 0) is 17.6 Å². The highest BCUT2D eigenvalue weighted by Gasteiger charge is 2.34. The molecule has 0 saturated heterocycles. The van der Waals surface area contributed by atoms with Crippen molar-refractivity contribution in [3.8, 4) is 6.07 Å². The number of nitrogens with zero attached hydrogens (tertiary/aromatic N) is 3. The molecule has 2 aromatic heterocycles. The molecule has 26 heavy (non-hydrogen) atoms. The molecule has 1 unspecified atom stereocenters. The zero-order chi connectivity index (χ0) is 18.7. The van der Waals surface area contributed by atoms with Gasteiger partial charge in [-0.15, -0.1) is 21.5 Å². The Kier molecular flexibility index (Phi) is 6.00. The van der Waals surface area contributed by atoms with Crippen LogP contribution in [0, 0.1) is 22.7 Å². The van der Waals surface area contributed by atoms with Crippen LogP contribution in [0.25, 0.3) is 0 Å². The van der Waals surface area contributed by atoms with E-state index >= 15 is 0 Å². The van der Waals surface area contributed by atoms with Crippen LogP contribution in [0.2, 0.25) is 0 Å². The predicted molar refractivity (Wildman–Crippen MR) is 108 cm³/mol. The van der Waals surface area contributed by atoms with E-state index in [0.717, 1.165) is 35.6 Å². The first kappa shape index (κ1) is 19.3. The largest absolute Gasteiger partial charge is 0.316 e. The van der Waals surface area contributed by atoms with Crippen LogP contribution in [0.4, 0.5) is 5.00 Å². The van der Waals surface area contributed by atoms with Crippen LogP contribution in [0.15, 0.2) is 9.85 Å². The third-order valence-electron chi connectivity index (χ3n) is 5.31. The van der Waals surface area contributed by atoms with Gasteiger partial charge in [0.1, 0.15) is 16.6 Å². The van der Waals surface area contributed by atoms with Crippen LogP contribution < -0.4 is 5.32 Å². The number of thiophene rings is 1. The lowest BCUT2D eigenvalue weighted by atomic mass is 9.69. The molecule has 0 bridgehead atoms. The Hall–Kier alpha value is -1.43. The molecule has 5 nitrogen and oxygen atoms in total. The van der Waals surface area contributed by atoms with Gasteiger partial charge in [0.15, 0.2) is 4.34 Å². The quantitative estimate of drug-likeness (QED) is 0.701. The highest BCUT2D eigenvalue weighted by molar-refractivity contribution is 8.01. The van der Waals surface area contributed by atoms with Crippen molar-refractivity contribution in [1.82, 2.24) is 10.2 Å². The Labute approximate surface area is 166 Å². The van der Waals surface area contributed by atoms with Gasteiger partial charge in [0, 0.05) is 4.88 Å². The van der Waals surface area contributed by atoms with E-state index in [-0.39, 0.29) is 11.7 Å². The summed E-state index contributed by atoms with van der Waals surface area (Å²) < 4.78 is 0.774. The zero-order valence-electron chi connectivity index (χ0n) is 15.2. The number of carbonyl (C=O) groups excluding carboxylic acids is 1. The Bertz CT molecular complexity index is 820. The van der Waals surface area contributed by atoms with Gasteiger partial charge in [0.05, 0.1) is 11.3 Å². The molecule has 138 valence electrons. The molecule has 2 heterocycles. The molecule has 1 atom stereocenters. The van der Waals surface area contributed by atoms with Crippen molar-refractivity contribution >= 4 is 45.3 Å². The maximum Gasteiger partial charge on any atom is 0.235 e. The first-order chi connectivity index (χ1) is 12.4. The minimum absolute atomic E-state index is 0.106. The number of anilines is 1. The molecule has 1 aliphatic rings. The van der Waals surface area contributed by atoms with Gasteiger partial charge in [-0.1, -0.05) is 50.3 Å². The second-order valence-corrected chi connectivity index (χ2v) is 10.3. The second-order valence-electron chi connectivity index (χ2n) is 7.14. The SMILES string of the molecule is CCC(C)(C)C1CCc2c(sc(NC(=O)CSc3nncs3)c2C#N)C1. The minimum Gasteiger partial charge on any atom is -0.316 e. The number of carbonyl (C=O) groups is 1. The molecule has 8 heteroatoms. The monoisotopic (exact) mass is 406 g/mol. The van der Waals surface area contributed by atoms with Crippen LogP contribution in [0.5, 0.6) is 0 Å². The highest BCUT2D eigenvalue weighted by Crippen LogP contribution is 2.45. The Balaban J connectivity index is 1.71. The molecule has 1 aliphatic carbocycles. The fourth-order valence-electron chi connectivity index (χ4n) is 3.26. The summed E-state index contributed by atoms with van der Waals surface area (Å²) in [5, 5.41) is 20.9. The number of fused-ring (bicyclic) bond motifs is 1. The molecule has 0 saturated carbocycles. The highest BCUT2D eigenvalue weighted by atomic mass is 32.2. The van der Waals surface area contributed by atoms with Crippen molar-refractivity contribution in [3.63, 3.8) is 0 Å². The van der Waals surface area contributed by atoms with Crippen molar-refractivity contribution in [2.75, 3.05) is 11.1 Å². The molecule has 3 rings (SSSR count). The minimum atomic E-state index is -0.106. The summed E-state index contributed by atoms with van der Waals surface area (Å²) in [6.45, 7) is 6.90. The van der Waals surface area contributed by atoms with Gasteiger partial charge in [-0.25, -0.2) is 0 Å². The Morgan fingerprint density at radius 3 is 3.00 bits per heavy atom. The van der Waals surface area contributed by atoms with E-state index in [1.54, 1.807) is 16.8 Å². The van der Waals surface area contributed by atoms with Gasteiger partial charge in [-0.3, -0.25) is 4.79 Å².